The van der Waals surface area contributed by atoms with E-state index < -0.39 is 5.97 Å². The fourth-order valence-electron chi connectivity index (χ4n) is 2.35. The first-order valence-electron chi connectivity index (χ1n) is 8.64. The van der Waals surface area contributed by atoms with Gasteiger partial charge in [-0.05, 0) is 32.1 Å². The first kappa shape index (κ1) is 24.1. The molecule has 0 rings (SSSR count). The van der Waals surface area contributed by atoms with Crippen molar-refractivity contribution in [3.8, 4) is 0 Å². The van der Waals surface area contributed by atoms with E-state index in [9.17, 15) is 4.79 Å². The summed E-state index contributed by atoms with van der Waals surface area (Å²) in [4.78, 5) is 10.3. The van der Waals surface area contributed by atoms with Crippen LogP contribution < -0.4 is 51.4 Å². The summed E-state index contributed by atoms with van der Waals surface area (Å²) in [5.41, 5.74) is 0. The van der Waals surface area contributed by atoms with E-state index in [0.29, 0.717) is 6.42 Å². The largest absolute Gasteiger partial charge is 1.00 e. The van der Waals surface area contributed by atoms with Gasteiger partial charge in [0, 0.05) is 6.42 Å². The third-order valence-electron chi connectivity index (χ3n) is 3.65. The minimum Gasteiger partial charge on any atom is -1.00 e. The molecule has 2 nitrogen and oxygen atoms in total. The molecule has 0 aliphatic rings. The van der Waals surface area contributed by atoms with Crippen LogP contribution >= 0.6 is 0 Å². The summed E-state index contributed by atoms with van der Waals surface area (Å²) >= 11 is 0. The Kier molecular flexibility index (Phi) is 23.9. The third kappa shape index (κ3) is 23.2. The van der Waals surface area contributed by atoms with Gasteiger partial charge in [-0.15, -0.1) is 0 Å². The Bertz CT molecular complexity index is 245. The van der Waals surface area contributed by atoms with Crippen LogP contribution in [0.5, 0.6) is 0 Å². The Morgan fingerprint density at radius 1 is 0.810 bits per heavy atom. The molecule has 0 amide bonds. The minimum atomic E-state index is -0.677. The average Bonchev–Trinajstić information content (AvgIpc) is 2.43. The second kappa shape index (κ2) is 20.8. The van der Waals surface area contributed by atoms with Crippen LogP contribution in [0.1, 0.15) is 98.2 Å². The van der Waals surface area contributed by atoms with Crippen LogP contribution in [0.4, 0.5) is 0 Å². The molecule has 3 heteroatoms. The van der Waals surface area contributed by atoms with Crippen molar-refractivity contribution in [2.24, 2.45) is 0 Å². The maximum absolute atomic E-state index is 10.3. The predicted octanol–water partition coefficient (Wildman–Crippen LogP) is 3.23. The van der Waals surface area contributed by atoms with Crippen molar-refractivity contribution >= 4 is 5.97 Å². The quantitative estimate of drug-likeness (QED) is 0.285. The molecule has 0 aromatic carbocycles. The van der Waals surface area contributed by atoms with Crippen LogP contribution in [0.3, 0.4) is 0 Å². The Morgan fingerprint density at radius 2 is 1.24 bits per heavy atom. The Morgan fingerprint density at radius 3 is 1.71 bits per heavy atom. The molecule has 0 saturated carbocycles. The molecule has 0 aliphatic carbocycles. The van der Waals surface area contributed by atoms with Crippen molar-refractivity contribution < 1.29 is 62.7 Å². The number of aliphatic carboxylic acids is 1. The smallest absolute Gasteiger partial charge is 1.00 e. The topological polar surface area (TPSA) is 37.3 Å². The number of unbranched alkanes of at least 4 members (excludes halogenated alkanes) is 11. The molecule has 1 N–H and O–H groups in total. The van der Waals surface area contributed by atoms with Gasteiger partial charge >= 0.3 is 57.4 Å². The van der Waals surface area contributed by atoms with Crippen LogP contribution in [-0.2, 0) is 4.79 Å². The molecule has 0 atom stereocenters. The van der Waals surface area contributed by atoms with Crippen molar-refractivity contribution in [1.29, 1.82) is 0 Å². The molecule has 0 heterocycles. The molecule has 0 spiro atoms. The molecule has 0 unspecified atom stereocenters. The van der Waals surface area contributed by atoms with E-state index in [1.165, 1.54) is 64.2 Å². The molecule has 0 aromatic heterocycles. The number of hydrogen-bond acceptors (Lipinski definition) is 1. The van der Waals surface area contributed by atoms with Gasteiger partial charge in [0.2, 0.25) is 0 Å². The second-order valence-corrected chi connectivity index (χ2v) is 5.73. The summed E-state index contributed by atoms with van der Waals surface area (Å²) < 4.78 is 0. The van der Waals surface area contributed by atoms with E-state index in [1.807, 2.05) is 0 Å². The maximum Gasteiger partial charge on any atom is 1.00 e. The van der Waals surface area contributed by atoms with Gasteiger partial charge in [0.25, 0.3) is 0 Å². The van der Waals surface area contributed by atoms with Gasteiger partial charge in [-0.25, -0.2) is 0 Å². The number of carbonyl (C=O) groups is 1. The van der Waals surface area contributed by atoms with Gasteiger partial charge in [-0.1, -0.05) is 70.4 Å². The standard InChI is InChI=1S/C18H34O2.K.H/c1-2-3-4-5-6-7-8-9-10-11-12-13-14-15-16-17-18(19)20;;/h12-13H,2-11,14-17H2,1H3,(H,19,20);;/q;+1;-1/b13-12-;;. The number of carboxylic acid groups (broad SMARTS) is 1. The number of hydrogen-bond donors (Lipinski definition) is 1. The zero-order valence-electron chi connectivity index (χ0n) is 15.4. The monoisotopic (exact) mass is 322 g/mol. The number of carboxylic acids is 1. The fourth-order valence-corrected chi connectivity index (χ4v) is 2.35. The third-order valence-corrected chi connectivity index (χ3v) is 3.65. The Hall–Kier alpha value is 0.846. The van der Waals surface area contributed by atoms with Gasteiger partial charge in [0.15, 0.2) is 0 Å². The zero-order valence-corrected chi connectivity index (χ0v) is 17.5. The van der Waals surface area contributed by atoms with Gasteiger partial charge in [0.05, 0.1) is 0 Å². The average molecular weight is 323 g/mol. The summed E-state index contributed by atoms with van der Waals surface area (Å²) in [5.74, 6) is -0.677. The normalized spacial score (nSPS) is 10.7. The molecule has 0 saturated heterocycles. The van der Waals surface area contributed by atoms with E-state index >= 15 is 0 Å². The van der Waals surface area contributed by atoms with Crippen LogP contribution in [0, 0.1) is 0 Å². The van der Waals surface area contributed by atoms with Crippen molar-refractivity contribution in [3.05, 3.63) is 12.2 Å². The molecule has 0 radical (unpaired) electrons. The van der Waals surface area contributed by atoms with Gasteiger partial charge in [-0.3, -0.25) is 4.79 Å². The molecule has 0 aromatic rings. The first-order valence-corrected chi connectivity index (χ1v) is 8.64. The summed E-state index contributed by atoms with van der Waals surface area (Å²) in [6.45, 7) is 2.26. The van der Waals surface area contributed by atoms with E-state index in [-0.39, 0.29) is 52.8 Å². The zero-order chi connectivity index (χ0) is 14.9. The summed E-state index contributed by atoms with van der Waals surface area (Å²) in [7, 11) is 0. The Balaban J connectivity index is -0.00000180. The van der Waals surface area contributed by atoms with E-state index in [2.05, 4.69) is 19.1 Å². The van der Waals surface area contributed by atoms with Crippen molar-refractivity contribution in [1.82, 2.24) is 0 Å². The number of allylic oxidation sites excluding steroid dienone is 2. The summed E-state index contributed by atoms with van der Waals surface area (Å²) in [5, 5.41) is 8.50. The number of rotatable bonds is 15. The molecule has 0 aliphatic heterocycles. The maximum atomic E-state index is 10.3. The Labute approximate surface area is 176 Å². The van der Waals surface area contributed by atoms with Crippen LogP contribution in [-0.4, -0.2) is 11.1 Å². The predicted molar refractivity (Wildman–Crippen MR) is 88.2 cm³/mol. The van der Waals surface area contributed by atoms with Crippen molar-refractivity contribution in [2.75, 3.05) is 0 Å². The van der Waals surface area contributed by atoms with E-state index in [0.717, 1.165) is 19.3 Å². The fraction of sp³-hybridized carbons (Fsp3) is 0.833. The van der Waals surface area contributed by atoms with E-state index in [1.54, 1.807) is 0 Å². The minimum absolute atomic E-state index is 0. The summed E-state index contributed by atoms with van der Waals surface area (Å²) in [6, 6.07) is 0. The SMILES string of the molecule is CCCCCCCCCCC/C=C\CCCCC(=O)O.[H-].[K+]. The second-order valence-electron chi connectivity index (χ2n) is 5.73. The molecular weight excluding hydrogens is 287 g/mol. The first-order chi connectivity index (χ1) is 9.77. The van der Waals surface area contributed by atoms with Gasteiger partial charge in [0.1, 0.15) is 0 Å². The molecule has 120 valence electrons. The molecule has 0 fully saturated rings. The van der Waals surface area contributed by atoms with Crippen LogP contribution in [0.15, 0.2) is 12.2 Å². The molecular formula is C18H35KO2. The molecule has 21 heavy (non-hydrogen) atoms. The van der Waals surface area contributed by atoms with Crippen LogP contribution in [0.2, 0.25) is 0 Å². The molecule has 0 bridgehead atoms. The summed E-state index contributed by atoms with van der Waals surface area (Å²) in [6.07, 6.45) is 21.3. The van der Waals surface area contributed by atoms with Crippen molar-refractivity contribution in [3.63, 3.8) is 0 Å². The van der Waals surface area contributed by atoms with E-state index in [4.69, 9.17) is 5.11 Å². The van der Waals surface area contributed by atoms with Crippen LogP contribution in [0.25, 0.3) is 0 Å². The van der Waals surface area contributed by atoms with Gasteiger partial charge in [-0.2, -0.15) is 0 Å². The van der Waals surface area contributed by atoms with Gasteiger partial charge < -0.3 is 6.53 Å². The van der Waals surface area contributed by atoms with Crippen molar-refractivity contribution in [2.45, 2.75) is 96.8 Å².